The van der Waals surface area contributed by atoms with Crippen molar-refractivity contribution in [1.82, 2.24) is 14.8 Å². The molecular weight excluding hydrogens is 445 g/mol. The first-order valence-electron chi connectivity index (χ1n) is 11.2. The van der Waals surface area contributed by atoms with Crippen molar-refractivity contribution in [2.24, 2.45) is 0 Å². The van der Waals surface area contributed by atoms with E-state index in [1.54, 1.807) is 16.8 Å². The number of anilines is 2. The molecular formula is C27H24FN5O2. The van der Waals surface area contributed by atoms with Gasteiger partial charge in [-0.15, -0.1) is 0 Å². The summed E-state index contributed by atoms with van der Waals surface area (Å²) < 4.78 is 20.7. The summed E-state index contributed by atoms with van der Waals surface area (Å²) in [6.07, 6.45) is 1.46. The zero-order chi connectivity index (χ0) is 24.4. The number of halogens is 1. The Balaban J connectivity index is 1.41. The highest BCUT2D eigenvalue weighted by molar-refractivity contribution is 6.06. The monoisotopic (exact) mass is 469 g/mol. The average Bonchev–Trinajstić information content (AvgIpc) is 3.32. The minimum Gasteiger partial charge on any atom is -0.489 e. The molecule has 0 radical (unpaired) electrons. The molecule has 176 valence electrons. The number of para-hydroxylation sites is 1. The predicted molar refractivity (Wildman–Crippen MR) is 131 cm³/mol. The van der Waals surface area contributed by atoms with Crippen LogP contribution < -0.4 is 15.4 Å². The Morgan fingerprint density at radius 1 is 1.06 bits per heavy atom. The lowest BCUT2D eigenvalue weighted by Gasteiger charge is -2.29. The average molecular weight is 470 g/mol. The second-order valence-electron chi connectivity index (χ2n) is 8.35. The number of allylic oxidation sites excluding steroid dienone is 1. The lowest BCUT2D eigenvalue weighted by atomic mass is 9.95. The molecule has 1 aliphatic rings. The molecule has 0 saturated carbocycles. The quantitative estimate of drug-likeness (QED) is 0.404. The van der Waals surface area contributed by atoms with E-state index in [1.807, 2.05) is 62.4 Å². The van der Waals surface area contributed by atoms with Gasteiger partial charge in [0, 0.05) is 11.4 Å². The Kier molecular flexibility index (Phi) is 6.01. The van der Waals surface area contributed by atoms with Gasteiger partial charge in [0.1, 0.15) is 30.5 Å². The van der Waals surface area contributed by atoms with Crippen LogP contribution >= 0.6 is 0 Å². The summed E-state index contributed by atoms with van der Waals surface area (Å²) in [5.41, 5.74) is 4.72. The number of amides is 1. The number of ether oxygens (including phenoxy) is 1. The summed E-state index contributed by atoms with van der Waals surface area (Å²) in [6.45, 7) is 4.13. The van der Waals surface area contributed by atoms with Crippen LogP contribution in [-0.4, -0.2) is 20.7 Å². The van der Waals surface area contributed by atoms with Crippen molar-refractivity contribution in [3.63, 3.8) is 0 Å². The minimum absolute atomic E-state index is 0.216. The number of aromatic nitrogens is 3. The first-order valence-corrected chi connectivity index (χ1v) is 11.2. The van der Waals surface area contributed by atoms with E-state index in [0.717, 1.165) is 22.4 Å². The maximum atomic E-state index is 13.5. The van der Waals surface area contributed by atoms with E-state index in [4.69, 9.17) is 4.74 Å². The van der Waals surface area contributed by atoms with Crippen molar-refractivity contribution in [2.45, 2.75) is 26.5 Å². The fourth-order valence-corrected chi connectivity index (χ4v) is 4.09. The second kappa shape index (κ2) is 9.42. The van der Waals surface area contributed by atoms with Gasteiger partial charge < -0.3 is 15.4 Å². The highest BCUT2D eigenvalue weighted by atomic mass is 19.1. The molecule has 0 spiro atoms. The molecule has 5 rings (SSSR count). The molecule has 0 saturated heterocycles. The number of carbonyl (C=O) groups excluding carboxylic acids is 1. The Labute approximate surface area is 202 Å². The van der Waals surface area contributed by atoms with Crippen LogP contribution in [0, 0.1) is 12.7 Å². The largest absolute Gasteiger partial charge is 0.489 e. The molecule has 0 aliphatic carbocycles. The minimum atomic E-state index is -0.469. The zero-order valence-electron chi connectivity index (χ0n) is 19.3. The van der Waals surface area contributed by atoms with Crippen LogP contribution in [-0.2, 0) is 11.4 Å². The van der Waals surface area contributed by atoms with Crippen LogP contribution in [0.25, 0.3) is 0 Å². The fraction of sp³-hybridized carbons (Fsp3) is 0.148. The van der Waals surface area contributed by atoms with Gasteiger partial charge in [-0.2, -0.15) is 10.1 Å². The number of hydrogen-bond acceptors (Lipinski definition) is 5. The molecule has 35 heavy (non-hydrogen) atoms. The number of nitrogens with one attached hydrogen (secondary N) is 2. The number of hydrogen-bond donors (Lipinski definition) is 2. The summed E-state index contributed by atoms with van der Waals surface area (Å²) in [5, 5.41) is 10.6. The van der Waals surface area contributed by atoms with E-state index in [9.17, 15) is 9.18 Å². The van der Waals surface area contributed by atoms with E-state index in [-0.39, 0.29) is 11.7 Å². The molecule has 0 fully saturated rings. The normalized spacial score (nSPS) is 14.8. The molecule has 1 aromatic heterocycles. The van der Waals surface area contributed by atoms with E-state index in [1.165, 1.54) is 18.5 Å². The summed E-state index contributed by atoms with van der Waals surface area (Å²) in [7, 11) is 0. The first-order chi connectivity index (χ1) is 17.0. The number of aryl methyl sites for hydroxylation is 1. The lowest BCUT2D eigenvalue weighted by Crippen LogP contribution is -2.31. The standard InChI is InChI=1S/C27H24FN5O2/c1-17-5-3-4-6-23(17)32-26(34)24-18(2)31-27-29-16-30-33(27)25(24)20-9-13-22(14-10-20)35-15-19-7-11-21(28)12-8-19/h3-14,16,25H,15H2,1-2H3,(H,32,34)(H,29,30,31)/t25-/m1/s1. The smallest absolute Gasteiger partial charge is 0.255 e. The Morgan fingerprint density at radius 3 is 2.54 bits per heavy atom. The first kappa shape index (κ1) is 22.3. The summed E-state index contributed by atoms with van der Waals surface area (Å²) >= 11 is 0. The highest BCUT2D eigenvalue weighted by Crippen LogP contribution is 2.36. The molecule has 7 nitrogen and oxygen atoms in total. The molecule has 3 aromatic carbocycles. The maximum absolute atomic E-state index is 13.5. The van der Waals surface area contributed by atoms with Gasteiger partial charge in [0.2, 0.25) is 5.95 Å². The lowest BCUT2D eigenvalue weighted by molar-refractivity contribution is -0.113. The number of fused-ring (bicyclic) bond motifs is 1. The number of carbonyl (C=O) groups is 1. The van der Waals surface area contributed by atoms with Crippen molar-refractivity contribution in [2.75, 3.05) is 10.6 Å². The number of rotatable bonds is 6. The molecule has 0 unspecified atom stereocenters. The van der Waals surface area contributed by atoms with Gasteiger partial charge >= 0.3 is 0 Å². The fourth-order valence-electron chi connectivity index (χ4n) is 4.09. The van der Waals surface area contributed by atoms with Gasteiger partial charge in [0.25, 0.3) is 5.91 Å². The van der Waals surface area contributed by atoms with Crippen LogP contribution in [0.5, 0.6) is 5.75 Å². The summed E-state index contributed by atoms with van der Waals surface area (Å²) in [4.78, 5) is 17.8. The molecule has 1 atom stereocenters. The van der Waals surface area contributed by atoms with Crippen LogP contribution in [0.4, 0.5) is 16.0 Å². The maximum Gasteiger partial charge on any atom is 0.255 e. The molecule has 8 heteroatoms. The predicted octanol–water partition coefficient (Wildman–Crippen LogP) is 5.23. The van der Waals surface area contributed by atoms with E-state index < -0.39 is 6.04 Å². The molecule has 2 N–H and O–H groups in total. The third-order valence-corrected chi connectivity index (χ3v) is 5.95. The van der Waals surface area contributed by atoms with Crippen molar-refractivity contribution in [3.05, 3.63) is 113 Å². The van der Waals surface area contributed by atoms with Crippen molar-refractivity contribution in [1.29, 1.82) is 0 Å². The van der Waals surface area contributed by atoms with Gasteiger partial charge in [-0.1, -0.05) is 42.5 Å². The topological polar surface area (TPSA) is 81.1 Å². The Hall–Kier alpha value is -4.46. The SMILES string of the molecule is CC1=C(C(=O)Nc2ccccc2C)[C@@H](c2ccc(OCc3ccc(F)cc3)cc2)n2ncnc2N1. The van der Waals surface area contributed by atoms with E-state index in [0.29, 0.717) is 29.6 Å². The van der Waals surface area contributed by atoms with Gasteiger partial charge in [0.05, 0.1) is 5.57 Å². The zero-order valence-corrected chi connectivity index (χ0v) is 19.3. The van der Waals surface area contributed by atoms with Crippen LogP contribution in [0.1, 0.15) is 29.7 Å². The molecule has 0 bridgehead atoms. The van der Waals surface area contributed by atoms with Gasteiger partial charge in [-0.3, -0.25) is 4.79 Å². The van der Waals surface area contributed by atoms with Crippen molar-refractivity contribution in [3.8, 4) is 5.75 Å². The number of benzene rings is 3. The third kappa shape index (κ3) is 4.63. The van der Waals surface area contributed by atoms with Crippen LogP contribution in [0.3, 0.4) is 0 Å². The highest BCUT2D eigenvalue weighted by Gasteiger charge is 2.33. The van der Waals surface area contributed by atoms with E-state index >= 15 is 0 Å². The van der Waals surface area contributed by atoms with Crippen LogP contribution in [0.15, 0.2) is 90.4 Å². The Bertz CT molecular complexity index is 1390. The molecule has 1 amide bonds. The summed E-state index contributed by atoms with van der Waals surface area (Å²) in [5.74, 6) is 0.735. The third-order valence-electron chi connectivity index (χ3n) is 5.95. The molecule has 1 aliphatic heterocycles. The van der Waals surface area contributed by atoms with Gasteiger partial charge in [-0.25, -0.2) is 9.07 Å². The Morgan fingerprint density at radius 2 is 1.80 bits per heavy atom. The molecule has 4 aromatic rings. The van der Waals surface area contributed by atoms with Crippen molar-refractivity contribution < 1.29 is 13.9 Å². The van der Waals surface area contributed by atoms with Gasteiger partial charge in [-0.05, 0) is 60.9 Å². The summed E-state index contributed by atoms with van der Waals surface area (Å²) in [6, 6.07) is 20.9. The number of nitrogens with zero attached hydrogens (tertiary/aromatic N) is 3. The van der Waals surface area contributed by atoms with Crippen molar-refractivity contribution >= 4 is 17.5 Å². The van der Waals surface area contributed by atoms with Gasteiger partial charge in [0.15, 0.2) is 0 Å². The van der Waals surface area contributed by atoms with Crippen LogP contribution in [0.2, 0.25) is 0 Å². The van der Waals surface area contributed by atoms with E-state index in [2.05, 4.69) is 20.7 Å². The second-order valence-corrected chi connectivity index (χ2v) is 8.35. The molecule has 2 heterocycles.